The Kier molecular flexibility index (Phi) is 7.96. The van der Waals surface area contributed by atoms with Gasteiger partial charge in [-0.1, -0.05) is 6.92 Å². The molecule has 0 saturated carbocycles. The predicted octanol–water partition coefficient (Wildman–Crippen LogP) is 0.339. The van der Waals surface area contributed by atoms with E-state index in [4.69, 9.17) is 15.6 Å². The van der Waals surface area contributed by atoms with Crippen molar-refractivity contribution in [3.8, 4) is 0 Å². The van der Waals surface area contributed by atoms with Crippen LogP contribution in [0.15, 0.2) is 0 Å². The lowest BCUT2D eigenvalue weighted by Crippen LogP contribution is -2.24. The number of hydrogen-bond donors (Lipinski definition) is 2. The second kappa shape index (κ2) is 8.69. The molecule has 0 aliphatic heterocycles. The minimum atomic E-state index is -1.07. The second-order valence-corrected chi connectivity index (χ2v) is 3.74. The van der Waals surface area contributed by atoms with Crippen LogP contribution in [0.3, 0.4) is 0 Å². The summed E-state index contributed by atoms with van der Waals surface area (Å²) in [5, 5.41) is 8.85. The van der Waals surface area contributed by atoms with Crippen molar-refractivity contribution >= 4 is 17.7 Å². The Morgan fingerprint density at radius 2 is 2.00 bits per heavy atom. The quantitative estimate of drug-likeness (QED) is 0.567. The van der Waals surface area contributed by atoms with Crippen LogP contribution in [-0.4, -0.2) is 36.0 Å². The first-order valence-electron chi connectivity index (χ1n) is 5.61. The number of ether oxygens (including phenoxy) is 1. The summed E-state index contributed by atoms with van der Waals surface area (Å²) >= 11 is 0. The Morgan fingerprint density at radius 1 is 1.35 bits per heavy atom. The van der Waals surface area contributed by atoms with Crippen molar-refractivity contribution in [3.63, 3.8) is 0 Å². The molecule has 0 radical (unpaired) electrons. The minimum absolute atomic E-state index is 0.0215. The molecule has 1 unspecified atom stereocenters. The molecule has 0 saturated heterocycles. The molecule has 98 valence electrons. The number of carboxylic acid groups (broad SMARTS) is 1. The smallest absolute Gasteiger partial charge is 0.307 e. The van der Waals surface area contributed by atoms with Gasteiger partial charge in [-0.05, 0) is 12.8 Å². The highest BCUT2D eigenvalue weighted by molar-refractivity contribution is 5.85. The fraction of sp³-hybridized carbons (Fsp3) is 0.727. The minimum Gasteiger partial charge on any atom is -0.481 e. The summed E-state index contributed by atoms with van der Waals surface area (Å²) < 4.78 is 4.83. The number of carboxylic acids is 1. The molecule has 1 atom stereocenters. The van der Waals surface area contributed by atoms with Gasteiger partial charge in [-0.3, -0.25) is 14.4 Å². The molecule has 0 aromatic rings. The maximum absolute atomic E-state index is 11.0. The number of aliphatic carboxylic acids is 1. The predicted molar refractivity (Wildman–Crippen MR) is 60.3 cm³/mol. The number of carbonyl (C=O) groups excluding carboxylic acids is 2. The first-order valence-corrected chi connectivity index (χ1v) is 5.61. The Bertz CT molecular complexity index is 277. The number of esters is 1. The average molecular weight is 245 g/mol. The number of hydrogen-bond acceptors (Lipinski definition) is 5. The lowest BCUT2D eigenvalue weighted by molar-refractivity contribution is -0.148. The SMILES string of the molecule is CCCC(=O)OCCC(CC(=O)CN)C(=O)O. The average Bonchev–Trinajstić information content (AvgIpc) is 2.27. The van der Waals surface area contributed by atoms with Crippen LogP contribution in [0.25, 0.3) is 0 Å². The topological polar surface area (TPSA) is 107 Å². The van der Waals surface area contributed by atoms with E-state index in [0.29, 0.717) is 12.8 Å². The number of ketones is 1. The van der Waals surface area contributed by atoms with Gasteiger partial charge in [0.2, 0.25) is 0 Å². The van der Waals surface area contributed by atoms with Crippen LogP contribution in [-0.2, 0) is 19.1 Å². The van der Waals surface area contributed by atoms with Crippen molar-refractivity contribution in [1.29, 1.82) is 0 Å². The van der Waals surface area contributed by atoms with Crippen LogP contribution in [0.4, 0.5) is 0 Å². The van der Waals surface area contributed by atoms with Gasteiger partial charge in [0.1, 0.15) is 5.78 Å². The van der Waals surface area contributed by atoms with Gasteiger partial charge in [-0.25, -0.2) is 0 Å². The summed E-state index contributed by atoms with van der Waals surface area (Å²) in [6.07, 6.45) is 1.03. The standard InChI is InChI=1S/C11H19NO5/c1-2-3-10(14)17-5-4-8(11(15)16)6-9(13)7-12/h8H,2-7,12H2,1H3,(H,15,16). The zero-order chi connectivity index (χ0) is 13.3. The fourth-order valence-corrected chi connectivity index (χ4v) is 1.26. The van der Waals surface area contributed by atoms with E-state index in [1.54, 1.807) is 0 Å². The van der Waals surface area contributed by atoms with Gasteiger partial charge in [-0.2, -0.15) is 0 Å². The molecule has 17 heavy (non-hydrogen) atoms. The van der Waals surface area contributed by atoms with Crippen molar-refractivity contribution in [2.24, 2.45) is 11.7 Å². The Labute approximate surface area is 100 Å². The third-order valence-corrected chi connectivity index (χ3v) is 2.23. The summed E-state index contributed by atoms with van der Waals surface area (Å²) in [6, 6.07) is 0. The summed E-state index contributed by atoms with van der Waals surface area (Å²) in [5.41, 5.74) is 5.11. The Morgan fingerprint density at radius 3 is 2.47 bits per heavy atom. The van der Waals surface area contributed by atoms with Gasteiger partial charge >= 0.3 is 11.9 Å². The molecule has 0 rings (SSSR count). The van der Waals surface area contributed by atoms with E-state index >= 15 is 0 Å². The number of nitrogens with two attached hydrogens (primary N) is 1. The van der Waals surface area contributed by atoms with E-state index < -0.39 is 11.9 Å². The van der Waals surface area contributed by atoms with Crippen LogP contribution in [0.5, 0.6) is 0 Å². The number of rotatable bonds is 9. The molecule has 3 N–H and O–H groups in total. The number of Topliss-reactive ketones (excluding diaryl/α,β-unsaturated/α-hetero) is 1. The van der Waals surface area contributed by atoms with Crippen LogP contribution < -0.4 is 5.73 Å². The normalized spacial score (nSPS) is 11.9. The molecular weight excluding hydrogens is 226 g/mol. The van der Waals surface area contributed by atoms with E-state index in [0.717, 1.165) is 0 Å². The molecule has 6 heteroatoms. The first kappa shape index (κ1) is 15.6. The molecule has 0 fully saturated rings. The molecular formula is C11H19NO5. The van der Waals surface area contributed by atoms with Crippen molar-refractivity contribution in [1.82, 2.24) is 0 Å². The Balaban J connectivity index is 3.97. The highest BCUT2D eigenvalue weighted by Gasteiger charge is 2.20. The maximum Gasteiger partial charge on any atom is 0.307 e. The molecule has 0 bridgehead atoms. The van der Waals surface area contributed by atoms with Gasteiger partial charge in [-0.15, -0.1) is 0 Å². The molecule has 0 aliphatic rings. The maximum atomic E-state index is 11.0. The van der Waals surface area contributed by atoms with Crippen LogP contribution in [0.1, 0.15) is 32.6 Å². The van der Waals surface area contributed by atoms with Crippen LogP contribution in [0.2, 0.25) is 0 Å². The summed E-state index contributed by atoms with van der Waals surface area (Å²) in [5.74, 6) is -2.56. The van der Waals surface area contributed by atoms with Crippen LogP contribution >= 0.6 is 0 Å². The summed E-state index contributed by atoms with van der Waals surface area (Å²) in [4.78, 5) is 32.9. The second-order valence-electron chi connectivity index (χ2n) is 3.74. The zero-order valence-electron chi connectivity index (χ0n) is 9.98. The van der Waals surface area contributed by atoms with Gasteiger partial charge in [0.25, 0.3) is 0 Å². The third-order valence-electron chi connectivity index (χ3n) is 2.23. The lowest BCUT2D eigenvalue weighted by Gasteiger charge is -2.11. The molecule has 6 nitrogen and oxygen atoms in total. The van der Waals surface area contributed by atoms with Gasteiger partial charge < -0.3 is 15.6 Å². The molecule has 0 amide bonds. The molecule has 0 aromatic heterocycles. The van der Waals surface area contributed by atoms with Crippen molar-refractivity contribution in [3.05, 3.63) is 0 Å². The largest absolute Gasteiger partial charge is 0.481 e. The monoisotopic (exact) mass is 245 g/mol. The summed E-state index contributed by atoms with van der Waals surface area (Å²) in [6.45, 7) is 1.70. The van der Waals surface area contributed by atoms with E-state index in [2.05, 4.69) is 0 Å². The van der Waals surface area contributed by atoms with E-state index in [1.165, 1.54) is 0 Å². The highest BCUT2D eigenvalue weighted by atomic mass is 16.5. The molecule has 0 aromatic carbocycles. The van der Waals surface area contributed by atoms with Gasteiger partial charge in [0.15, 0.2) is 0 Å². The van der Waals surface area contributed by atoms with Gasteiger partial charge in [0.05, 0.1) is 19.1 Å². The first-order chi connectivity index (χ1) is 8.01. The molecule has 0 aliphatic carbocycles. The van der Waals surface area contributed by atoms with Crippen molar-refractivity contribution in [2.45, 2.75) is 32.6 Å². The fourth-order valence-electron chi connectivity index (χ4n) is 1.26. The molecule has 0 spiro atoms. The highest BCUT2D eigenvalue weighted by Crippen LogP contribution is 2.10. The number of carbonyl (C=O) groups is 3. The van der Waals surface area contributed by atoms with E-state index in [1.807, 2.05) is 6.92 Å². The Hall–Kier alpha value is -1.43. The van der Waals surface area contributed by atoms with E-state index in [9.17, 15) is 14.4 Å². The lowest BCUT2D eigenvalue weighted by atomic mass is 9.99. The zero-order valence-corrected chi connectivity index (χ0v) is 9.98. The molecule has 0 heterocycles. The van der Waals surface area contributed by atoms with E-state index in [-0.39, 0.29) is 37.7 Å². The van der Waals surface area contributed by atoms with Gasteiger partial charge in [0, 0.05) is 12.8 Å². The van der Waals surface area contributed by atoms with Crippen molar-refractivity contribution in [2.75, 3.05) is 13.2 Å². The summed E-state index contributed by atoms with van der Waals surface area (Å²) in [7, 11) is 0. The van der Waals surface area contributed by atoms with Crippen molar-refractivity contribution < 1.29 is 24.2 Å². The third kappa shape index (κ3) is 7.46. The van der Waals surface area contributed by atoms with Crippen LogP contribution in [0, 0.1) is 5.92 Å².